The molecule has 7 nitrogen and oxygen atoms in total. The molecule has 178 valence electrons. The predicted octanol–water partition coefficient (Wildman–Crippen LogP) is 2.37. The topological polar surface area (TPSA) is 70.2 Å². The first kappa shape index (κ1) is 23.8. The van der Waals surface area contributed by atoms with Gasteiger partial charge in [0.25, 0.3) is 5.91 Å². The molecule has 2 aliphatic heterocycles. The number of piperazine rings is 1. The molecule has 4 rings (SSSR count). The van der Waals surface area contributed by atoms with E-state index in [1.807, 2.05) is 13.0 Å². The molecule has 0 aromatic heterocycles. The number of benzene rings is 2. The van der Waals surface area contributed by atoms with Gasteiger partial charge in [-0.05, 0) is 30.2 Å². The standard InChI is InChI=1S/C24H30FN3O4S/c1-2-19-7-8-20(17-23(19)33(30,31)28-13-15-32-16-14-28)24(29)27-11-9-26(10-12-27)18-21-5-3-4-6-22(21)25/h3-8,17H,2,9-16,18H2,1H3. The highest BCUT2D eigenvalue weighted by molar-refractivity contribution is 7.89. The van der Waals surface area contributed by atoms with E-state index in [0.29, 0.717) is 82.1 Å². The summed E-state index contributed by atoms with van der Waals surface area (Å²) in [5.41, 5.74) is 1.72. The predicted molar refractivity (Wildman–Crippen MR) is 123 cm³/mol. The Labute approximate surface area is 194 Å². The van der Waals surface area contributed by atoms with Gasteiger partial charge in [-0.1, -0.05) is 31.2 Å². The highest BCUT2D eigenvalue weighted by Gasteiger charge is 2.30. The van der Waals surface area contributed by atoms with Gasteiger partial charge in [-0.2, -0.15) is 4.31 Å². The number of ether oxygens (including phenoxy) is 1. The van der Waals surface area contributed by atoms with Crippen molar-refractivity contribution in [2.24, 2.45) is 0 Å². The molecule has 0 aliphatic carbocycles. The van der Waals surface area contributed by atoms with Crippen molar-refractivity contribution < 1.29 is 22.3 Å². The average Bonchev–Trinajstić information content (AvgIpc) is 2.85. The molecule has 2 aliphatic rings. The summed E-state index contributed by atoms with van der Waals surface area (Å²) in [6, 6.07) is 11.7. The Balaban J connectivity index is 1.46. The van der Waals surface area contributed by atoms with Crippen molar-refractivity contribution in [3.05, 3.63) is 65.0 Å². The van der Waals surface area contributed by atoms with E-state index in [4.69, 9.17) is 4.74 Å². The van der Waals surface area contributed by atoms with Crippen LogP contribution in [0.25, 0.3) is 0 Å². The molecule has 0 radical (unpaired) electrons. The molecule has 2 aromatic carbocycles. The van der Waals surface area contributed by atoms with Crippen LogP contribution < -0.4 is 0 Å². The first-order valence-electron chi connectivity index (χ1n) is 11.4. The number of nitrogens with zero attached hydrogens (tertiary/aromatic N) is 3. The molecule has 2 aromatic rings. The molecular weight excluding hydrogens is 445 g/mol. The van der Waals surface area contributed by atoms with Crippen LogP contribution in [0.3, 0.4) is 0 Å². The largest absolute Gasteiger partial charge is 0.379 e. The van der Waals surface area contributed by atoms with E-state index in [0.717, 1.165) is 0 Å². The smallest absolute Gasteiger partial charge is 0.253 e. The maximum atomic E-state index is 14.0. The summed E-state index contributed by atoms with van der Waals surface area (Å²) in [6.07, 6.45) is 0.558. The number of aryl methyl sites for hydroxylation is 1. The van der Waals surface area contributed by atoms with Crippen molar-refractivity contribution in [2.45, 2.75) is 24.8 Å². The van der Waals surface area contributed by atoms with Gasteiger partial charge < -0.3 is 9.64 Å². The van der Waals surface area contributed by atoms with Gasteiger partial charge in [0.2, 0.25) is 10.0 Å². The minimum atomic E-state index is -3.70. The quantitative estimate of drug-likeness (QED) is 0.642. The maximum absolute atomic E-state index is 14.0. The maximum Gasteiger partial charge on any atom is 0.253 e. The fraction of sp³-hybridized carbons (Fsp3) is 0.458. The molecule has 0 atom stereocenters. The second-order valence-corrected chi connectivity index (χ2v) is 10.3. The van der Waals surface area contributed by atoms with Crippen LogP contribution in [0, 0.1) is 5.82 Å². The van der Waals surface area contributed by atoms with Gasteiger partial charge in [0, 0.05) is 56.9 Å². The van der Waals surface area contributed by atoms with E-state index < -0.39 is 10.0 Å². The summed E-state index contributed by atoms with van der Waals surface area (Å²) in [6.45, 7) is 6.06. The van der Waals surface area contributed by atoms with Gasteiger partial charge >= 0.3 is 0 Å². The fourth-order valence-electron chi connectivity index (χ4n) is 4.31. The van der Waals surface area contributed by atoms with Crippen LogP contribution >= 0.6 is 0 Å². The van der Waals surface area contributed by atoms with Gasteiger partial charge in [-0.25, -0.2) is 12.8 Å². The number of carbonyl (C=O) groups excluding carboxylic acids is 1. The van der Waals surface area contributed by atoms with Crippen LogP contribution in [0.2, 0.25) is 0 Å². The zero-order chi connectivity index (χ0) is 23.4. The van der Waals surface area contributed by atoms with Crippen molar-refractivity contribution in [3.63, 3.8) is 0 Å². The zero-order valence-electron chi connectivity index (χ0n) is 18.9. The second kappa shape index (κ2) is 10.3. The number of sulfonamides is 1. The van der Waals surface area contributed by atoms with Gasteiger partial charge in [-0.3, -0.25) is 9.69 Å². The lowest BCUT2D eigenvalue weighted by molar-refractivity contribution is 0.0626. The van der Waals surface area contributed by atoms with Crippen LogP contribution in [0.5, 0.6) is 0 Å². The molecule has 2 fully saturated rings. The Morgan fingerprint density at radius 3 is 2.33 bits per heavy atom. The average molecular weight is 476 g/mol. The van der Waals surface area contributed by atoms with Crippen molar-refractivity contribution in [1.82, 2.24) is 14.1 Å². The van der Waals surface area contributed by atoms with Crippen LogP contribution in [-0.2, 0) is 27.7 Å². The highest BCUT2D eigenvalue weighted by Crippen LogP contribution is 2.24. The van der Waals surface area contributed by atoms with Gasteiger partial charge in [0.15, 0.2) is 0 Å². The van der Waals surface area contributed by atoms with Gasteiger partial charge in [-0.15, -0.1) is 0 Å². The van der Waals surface area contributed by atoms with Crippen molar-refractivity contribution in [3.8, 4) is 0 Å². The number of morpholine rings is 1. The lowest BCUT2D eigenvalue weighted by Gasteiger charge is -2.35. The minimum Gasteiger partial charge on any atom is -0.379 e. The SMILES string of the molecule is CCc1ccc(C(=O)N2CCN(Cc3ccccc3F)CC2)cc1S(=O)(=O)N1CCOCC1. The Morgan fingerprint density at radius 1 is 0.970 bits per heavy atom. The molecule has 0 spiro atoms. The third-order valence-corrected chi connectivity index (χ3v) is 8.28. The zero-order valence-corrected chi connectivity index (χ0v) is 19.7. The van der Waals surface area contributed by atoms with Crippen LogP contribution in [-0.4, -0.2) is 80.9 Å². The Kier molecular flexibility index (Phi) is 7.43. The van der Waals surface area contributed by atoms with E-state index in [9.17, 15) is 17.6 Å². The van der Waals surface area contributed by atoms with Crippen LogP contribution in [0.1, 0.15) is 28.4 Å². The van der Waals surface area contributed by atoms with E-state index in [-0.39, 0.29) is 16.6 Å². The van der Waals surface area contributed by atoms with Crippen LogP contribution in [0.4, 0.5) is 4.39 Å². The summed E-state index contributed by atoms with van der Waals surface area (Å²) < 4.78 is 47.2. The van der Waals surface area contributed by atoms with E-state index in [2.05, 4.69) is 4.90 Å². The second-order valence-electron chi connectivity index (χ2n) is 8.35. The minimum absolute atomic E-state index is 0.179. The molecule has 1 amide bonds. The summed E-state index contributed by atoms with van der Waals surface area (Å²) in [5.74, 6) is -0.400. The Bertz CT molecular complexity index is 1090. The fourth-order valence-corrected chi connectivity index (χ4v) is 6.03. The van der Waals surface area contributed by atoms with Crippen molar-refractivity contribution >= 4 is 15.9 Å². The molecule has 0 saturated carbocycles. The third-order valence-electron chi connectivity index (χ3n) is 6.29. The Hall–Kier alpha value is -2.33. The molecule has 2 heterocycles. The normalized spacial score (nSPS) is 18.4. The number of amides is 1. The lowest BCUT2D eigenvalue weighted by atomic mass is 10.1. The number of hydrogen-bond acceptors (Lipinski definition) is 5. The van der Waals surface area contributed by atoms with Gasteiger partial charge in [0.05, 0.1) is 18.1 Å². The summed E-state index contributed by atoms with van der Waals surface area (Å²) in [4.78, 5) is 17.3. The van der Waals surface area contributed by atoms with Crippen molar-refractivity contribution in [2.75, 3.05) is 52.5 Å². The van der Waals surface area contributed by atoms with E-state index in [1.54, 1.807) is 29.2 Å². The molecule has 9 heteroatoms. The molecule has 0 unspecified atom stereocenters. The molecule has 33 heavy (non-hydrogen) atoms. The molecular formula is C24H30FN3O4S. The molecule has 0 N–H and O–H groups in total. The number of carbonyl (C=O) groups is 1. The van der Waals surface area contributed by atoms with E-state index >= 15 is 0 Å². The monoisotopic (exact) mass is 475 g/mol. The summed E-state index contributed by atoms with van der Waals surface area (Å²) >= 11 is 0. The first-order valence-corrected chi connectivity index (χ1v) is 12.8. The number of halogens is 1. The van der Waals surface area contributed by atoms with Crippen molar-refractivity contribution in [1.29, 1.82) is 0 Å². The summed E-state index contributed by atoms with van der Waals surface area (Å²) in [7, 11) is -3.70. The summed E-state index contributed by atoms with van der Waals surface area (Å²) in [5, 5.41) is 0. The van der Waals surface area contributed by atoms with Gasteiger partial charge in [0.1, 0.15) is 5.82 Å². The highest BCUT2D eigenvalue weighted by atomic mass is 32.2. The number of hydrogen-bond donors (Lipinski definition) is 0. The third kappa shape index (κ3) is 5.27. The molecule has 0 bridgehead atoms. The molecule has 2 saturated heterocycles. The first-order chi connectivity index (χ1) is 15.9. The lowest BCUT2D eigenvalue weighted by Crippen LogP contribution is -2.48. The Morgan fingerprint density at radius 2 is 1.67 bits per heavy atom. The van der Waals surface area contributed by atoms with E-state index in [1.165, 1.54) is 16.4 Å². The number of rotatable bonds is 6. The van der Waals surface area contributed by atoms with Crippen LogP contribution in [0.15, 0.2) is 47.4 Å².